The van der Waals surface area contributed by atoms with E-state index < -0.39 is 9.93 Å². The third kappa shape index (κ3) is 5.85. The van der Waals surface area contributed by atoms with Crippen LogP contribution in [-0.2, 0) is 14.1 Å². The van der Waals surface area contributed by atoms with Crippen molar-refractivity contribution in [3.63, 3.8) is 0 Å². The van der Waals surface area contributed by atoms with Crippen molar-refractivity contribution in [1.29, 1.82) is 10.5 Å². The highest BCUT2D eigenvalue weighted by atomic mass is 32.2. The highest BCUT2D eigenvalue weighted by molar-refractivity contribution is 8.04. The van der Waals surface area contributed by atoms with E-state index in [1.54, 1.807) is 72.8 Å². The van der Waals surface area contributed by atoms with E-state index in [-0.39, 0.29) is 34.4 Å². The van der Waals surface area contributed by atoms with Gasteiger partial charge in [0.25, 0.3) is 0 Å². The second-order valence-corrected chi connectivity index (χ2v) is 8.68. The number of allylic oxidation sites excluding steroid dienone is 1. The zero-order valence-electron chi connectivity index (χ0n) is 14.5. The molecule has 0 aromatic heterocycles. The van der Waals surface area contributed by atoms with Crippen LogP contribution in [0.5, 0.6) is 0 Å². The number of rotatable bonds is 8. The minimum absolute atomic E-state index is 0.180. The Balaban J connectivity index is 2.28. The van der Waals surface area contributed by atoms with E-state index >= 15 is 0 Å². The van der Waals surface area contributed by atoms with Crippen molar-refractivity contribution in [1.82, 2.24) is 0 Å². The van der Waals surface area contributed by atoms with E-state index in [0.717, 1.165) is 0 Å². The van der Waals surface area contributed by atoms with Gasteiger partial charge in [0.1, 0.15) is 33.4 Å². The van der Waals surface area contributed by atoms with E-state index in [1.165, 1.54) is 6.08 Å². The fourth-order valence-corrected chi connectivity index (χ4v) is 4.51. The normalized spacial score (nSPS) is 10.3. The van der Waals surface area contributed by atoms with Crippen molar-refractivity contribution in [2.75, 3.05) is 17.3 Å². The molecule has 5 nitrogen and oxygen atoms in total. The largest absolute Gasteiger partial charge is 0.289 e. The van der Waals surface area contributed by atoms with Gasteiger partial charge in [-0.25, -0.2) is 0 Å². The number of nitriles is 2. The molecule has 0 aliphatic carbocycles. The molecule has 27 heavy (non-hydrogen) atoms. The first-order chi connectivity index (χ1) is 13.0. The quantitative estimate of drug-likeness (QED) is 0.399. The molecule has 0 aliphatic heterocycles. The Morgan fingerprint density at radius 2 is 1.22 bits per heavy atom. The van der Waals surface area contributed by atoms with Crippen LogP contribution >= 0.6 is 0 Å². The van der Waals surface area contributed by atoms with Gasteiger partial charge in [-0.1, -0.05) is 60.7 Å². The maximum atomic E-state index is 13.4. The summed E-state index contributed by atoms with van der Waals surface area (Å²) in [6, 6.07) is 20.2. The smallest absolute Gasteiger partial charge is 0.211 e. The van der Waals surface area contributed by atoms with E-state index in [9.17, 15) is 13.8 Å². The molecule has 0 aliphatic rings. The summed E-state index contributed by atoms with van der Waals surface area (Å²) in [7, 11) is -2.98. The Labute approximate surface area is 159 Å². The van der Waals surface area contributed by atoms with Crippen molar-refractivity contribution in [2.24, 2.45) is 0 Å². The summed E-state index contributed by atoms with van der Waals surface area (Å²) >= 11 is 0. The van der Waals surface area contributed by atoms with Crippen molar-refractivity contribution < 1.29 is 13.8 Å². The van der Waals surface area contributed by atoms with Gasteiger partial charge in [0.05, 0.1) is 0 Å². The monoisotopic (exact) mass is 377 g/mol. The third-order valence-electron chi connectivity index (χ3n) is 3.81. The summed E-state index contributed by atoms with van der Waals surface area (Å²) in [5, 5.41) is 17.8. The van der Waals surface area contributed by atoms with Crippen molar-refractivity contribution >= 4 is 21.5 Å². The summed E-state index contributed by atoms with van der Waals surface area (Å²) in [4.78, 5) is 25.0. The van der Waals surface area contributed by atoms with Crippen LogP contribution in [0.3, 0.4) is 0 Å². The molecule has 0 radical (unpaired) electrons. The maximum Gasteiger partial charge on any atom is 0.211 e. The van der Waals surface area contributed by atoms with Crippen molar-refractivity contribution in [3.8, 4) is 12.1 Å². The van der Waals surface area contributed by atoms with Crippen LogP contribution in [0.4, 0.5) is 0 Å². The highest BCUT2D eigenvalue weighted by Gasteiger charge is 2.34. The van der Waals surface area contributed by atoms with Gasteiger partial charge < -0.3 is 0 Å². The van der Waals surface area contributed by atoms with Crippen LogP contribution in [0.25, 0.3) is 0 Å². The molecule has 0 amide bonds. The topological polar surface area (TPSA) is 98.8 Å². The molecule has 0 bridgehead atoms. The minimum atomic E-state index is -2.98. The van der Waals surface area contributed by atoms with Gasteiger partial charge in [-0.15, -0.1) is 4.21 Å². The Hall–Kier alpha value is -3.35. The lowest BCUT2D eigenvalue weighted by Gasteiger charge is -2.10. The number of ketones is 2. The highest BCUT2D eigenvalue weighted by Crippen LogP contribution is 2.15. The third-order valence-corrected chi connectivity index (χ3v) is 6.16. The maximum absolute atomic E-state index is 13.4. The molecule has 0 fully saturated rings. The van der Waals surface area contributed by atoms with Gasteiger partial charge in [0, 0.05) is 11.1 Å². The van der Waals surface area contributed by atoms with Crippen LogP contribution < -0.4 is 0 Å². The summed E-state index contributed by atoms with van der Waals surface area (Å²) in [5.74, 6) is -1.51. The van der Waals surface area contributed by atoms with E-state index in [4.69, 9.17) is 10.5 Å². The first-order valence-electron chi connectivity index (χ1n) is 8.11. The van der Waals surface area contributed by atoms with Crippen LogP contribution in [0, 0.1) is 22.7 Å². The van der Waals surface area contributed by atoms with Crippen molar-refractivity contribution in [2.45, 2.75) is 0 Å². The van der Waals surface area contributed by atoms with Gasteiger partial charge in [0.2, 0.25) is 11.6 Å². The van der Waals surface area contributed by atoms with Crippen LogP contribution in [0.1, 0.15) is 20.7 Å². The molecule has 0 atom stereocenters. The molecule has 0 N–H and O–H groups in total. The van der Waals surface area contributed by atoms with Gasteiger partial charge in [-0.2, -0.15) is 10.5 Å². The zero-order chi connectivity index (χ0) is 19.7. The zero-order valence-corrected chi connectivity index (χ0v) is 15.3. The number of nitrogens with zero attached hydrogens (tertiary/aromatic N) is 2. The number of benzene rings is 2. The van der Waals surface area contributed by atoms with Gasteiger partial charge >= 0.3 is 0 Å². The minimum Gasteiger partial charge on any atom is -0.289 e. The first-order valence-corrected chi connectivity index (χ1v) is 10.2. The second kappa shape index (κ2) is 9.38. The fourth-order valence-electron chi connectivity index (χ4n) is 2.41. The first kappa shape index (κ1) is 20.0. The number of carbonyl (C=O) groups is 2. The molecule has 2 rings (SSSR count). The van der Waals surface area contributed by atoms with Crippen LogP contribution in [0.15, 0.2) is 72.3 Å². The molecule has 0 unspecified atom stereocenters. The SMILES string of the molecule is N#CC(C#N)=CC[S+](=O)(CC(=O)c1ccccc1)CC(=O)c1ccccc1. The fraction of sp³-hybridized carbons (Fsp3) is 0.143. The van der Waals surface area contributed by atoms with Gasteiger partial charge in [-0.3, -0.25) is 9.59 Å². The molecule has 0 heterocycles. The number of hydrogen-bond donors (Lipinski definition) is 0. The average Bonchev–Trinajstić information content (AvgIpc) is 2.70. The molecule has 6 heteroatoms. The predicted octanol–water partition coefficient (Wildman–Crippen LogP) is 3.23. The Morgan fingerprint density at radius 3 is 1.59 bits per heavy atom. The summed E-state index contributed by atoms with van der Waals surface area (Å²) < 4.78 is 13.4. The standard InChI is InChI=1S/C21H17N2O3S/c22-13-17(14-23)11-12-27(26,15-20(24)18-7-3-1-4-8-18)16-21(25)19-9-5-2-6-10-19/h1-11H,12,15-16H2/q+1. The second-order valence-electron chi connectivity index (χ2n) is 5.84. The predicted molar refractivity (Wildman–Crippen MR) is 104 cm³/mol. The molecular weight excluding hydrogens is 360 g/mol. The average molecular weight is 377 g/mol. The molecule has 0 spiro atoms. The molecular formula is C21H17N2O3S+. The lowest BCUT2D eigenvalue weighted by atomic mass is 10.1. The van der Waals surface area contributed by atoms with Crippen LogP contribution in [0.2, 0.25) is 0 Å². The Morgan fingerprint density at radius 1 is 0.815 bits per heavy atom. The Kier molecular flexibility index (Phi) is 6.93. The van der Waals surface area contributed by atoms with Gasteiger partial charge in [-0.05, 0) is 6.08 Å². The number of hydrogen-bond acceptors (Lipinski definition) is 5. The lowest BCUT2D eigenvalue weighted by molar-refractivity contribution is 0.102. The molecule has 2 aromatic rings. The lowest BCUT2D eigenvalue weighted by Crippen LogP contribution is -2.32. The van der Waals surface area contributed by atoms with E-state index in [0.29, 0.717) is 11.1 Å². The van der Waals surface area contributed by atoms with Crippen molar-refractivity contribution in [3.05, 3.63) is 83.4 Å². The number of carbonyl (C=O) groups excluding carboxylic acids is 2. The molecule has 2 aromatic carbocycles. The summed E-state index contributed by atoms with van der Waals surface area (Å²) in [6.07, 6.45) is 1.23. The van der Waals surface area contributed by atoms with Crippen LogP contribution in [-0.4, -0.2) is 28.8 Å². The number of Topliss-reactive ketones (excluding diaryl/α,β-unsaturated/α-hetero) is 2. The molecule has 0 saturated carbocycles. The summed E-state index contributed by atoms with van der Waals surface area (Å²) in [5.41, 5.74) is 0.617. The molecule has 0 saturated heterocycles. The summed E-state index contributed by atoms with van der Waals surface area (Å²) in [6.45, 7) is 0. The van der Waals surface area contributed by atoms with E-state index in [1.807, 2.05) is 0 Å². The Bertz CT molecular complexity index is 910. The molecule has 134 valence electrons. The van der Waals surface area contributed by atoms with E-state index in [2.05, 4.69) is 0 Å². The van der Waals surface area contributed by atoms with Gasteiger partial charge in [0.15, 0.2) is 11.5 Å².